The van der Waals surface area contributed by atoms with Crippen LogP contribution in [-0.2, 0) is 23.1 Å². The zero-order valence-electron chi connectivity index (χ0n) is 11.7. The summed E-state index contributed by atoms with van der Waals surface area (Å²) in [5.74, 6) is 0.0427. The van der Waals surface area contributed by atoms with Gasteiger partial charge in [0, 0.05) is 11.4 Å². The van der Waals surface area contributed by atoms with Crippen molar-refractivity contribution in [3.8, 4) is 0 Å². The predicted octanol–water partition coefficient (Wildman–Crippen LogP) is 3.21. The molecule has 106 valence electrons. The van der Waals surface area contributed by atoms with E-state index in [1.165, 1.54) is 17.7 Å². The monoisotopic (exact) mass is 291 g/mol. The fourth-order valence-corrected chi connectivity index (χ4v) is 3.26. The zero-order chi connectivity index (χ0) is 14.7. The highest BCUT2D eigenvalue weighted by atomic mass is 32.2. The number of nitrogens with two attached hydrogens (primary N) is 1. The van der Waals surface area contributed by atoms with Gasteiger partial charge in [-0.2, -0.15) is 0 Å². The van der Waals surface area contributed by atoms with Crippen LogP contribution < -0.4 is 5.73 Å². The highest BCUT2D eigenvalue weighted by molar-refractivity contribution is 7.84. The normalized spacial score (nSPS) is 12.4. The van der Waals surface area contributed by atoms with Gasteiger partial charge in [0.1, 0.15) is 5.82 Å². The molecule has 2 N–H and O–H groups in total. The molecule has 1 unspecified atom stereocenters. The molecule has 0 fully saturated rings. The van der Waals surface area contributed by atoms with Gasteiger partial charge in [0.15, 0.2) is 0 Å². The summed E-state index contributed by atoms with van der Waals surface area (Å²) < 4.78 is 25.6. The molecule has 4 heteroatoms. The molecule has 1 atom stereocenters. The number of halogens is 1. The highest BCUT2D eigenvalue weighted by Gasteiger charge is 2.10. The molecule has 0 spiro atoms. The molecule has 0 aliphatic carbocycles. The van der Waals surface area contributed by atoms with Gasteiger partial charge < -0.3 is 5.73 Å². The minimum absolute atomic E-state index is 0.247. The van der Waals surface area contributed by atoms with Gasteiger partial charge in [0.25, 0.3) is 0 Å². The summed E-state index contributed by atoms with van der Waals surface area (Å²) in [5.41, 5.74) is 9.46. The molecule has 0 bridgehead atoms. The second-order valence-electron chi connectivity index (χ2n) is 4.85. The van der Waals surface area contributed by atoms with Gasteiger partial charge in [-0.05, 0) is 60.4 Å². The predicted molar refractivity (Wildman–Crippen MR) is 80.3 cm³/mol. The van der Waals surface area contributed by atoms with Gasteiger partial charge in [-0.25, -0.2) is 4.39 Å². The lowest BCUT2D eigenvalue weighted by molar-refractivity contribution is 0.624. The lowest BCUT2D eigenvalue weighted by atomic mass is 10.1. The van der Waals surface area contributed by atoms with E-state index in [2.05, 4.69) is 0 Å². The number of hydrogen-bond acceptors (Lipinski definition) is 2. The maximum absolute atomic E-state index is 13.2. The highest BCUT2D eigenvalue weighted by Crippen LogP contribution is 2.19. The van der Waals surface area contributed by atoms with Crippen LogP contribution in [0, 0.1) is 19.7 Å². The van der Waals surface area contributed by atoms with E-state index in [9.17, 15) is 8.60 Å². The molecule has 0 aromatic heterocycles. The van der Waals surface area contributed by atoms with E-state index in [0.717, 1.165) is 16.0 Å². The van der Waals surface area contributed by atoms with Crippen molar-refractivity contribution in [2.45, 2.75) is 31.0 Å². The molecular weight excluding hydrogens is 273 g/mol. The van der Waals surface area contributed by atoms with Crippen LogP contribution in [0.15, 0.2) is 41.3 Å². The van der Waals surface area contributed by atoms with Gasteiger partial charge in [-0.3, -0.25) is 4.21 Å². The third kappa shape index (κ3) is 3.32. The van der Waals surface area contributed by atoms with Crippen molar-refractivity contribution in [2.24, 2.45) is 5.73 Å². The second kappa shape index (κ2) is 6.29. The van der Waals surface area contributed by atoms with E-state index in [1.54, 1.807) is 6.07 Å². The Morgan fingerprint density at radius 2 is 1.80 bits per heavy atom. The molecule has 0 amide bonds. The first-order chi connectivity index (χ1) is 9.51. The van der Waals surface area contributed by atoms with E-state index >= 15 is 0 Å². The van der Waals surface area contributed by atoms with Crippen LogP contribution in [0.2, 0.25) is 0 Å². The van der Waals surface area contributed by atoms with Crippen molar-refractivity contribution in [3.05, 3.63) is 64.5 Å². The summed E-state index contributed by atoms with van der Waals surface area (Å²) in [6, 6.07) is 10.2. The molecule has 0 saturated carbocycles. The molecule has 2 aromatic rings. The zero-order valence-corrected chi connectivity index (χ0v) is 12.5. The topological polar surface area (TPSA) is 43.1 Å². The van der Waals surface area contributed by atoms with Crippen LogP contribution in [-0.4, -0.2) is 4.21 Å². The molecule has 0 aliphatic heterocycles. The fourth-order valence-electron chi connectivity index (χ4n) is 2.01. The fraction of sp³-hybridized carbons (Fsp3) is 0.250. The molecule has 0 aliphatic rings. The number of benzene rings is 2. The summed E-state index contributed by atoms with van der Waals surface area (Å²) in [6.45, 7) is 4.27. The van der Waals surface area contributed by atoms with E-state index in [-0.39, 0.29) is 12.4 Å². The first-order valence-electron chi connectivity index (χ1n) is 6.44. The minimum atomic E-state index is -1.15. The number of aryl methyl sites for hydroxylation is 2. The van der Waals surface area contributed by atoms with Crippen molar-refractivity contribution in [3.63, 3.8) is 0 Å². The third-order valence-electron chi connectivity index (χ3n) is 3.42. The Morgan fingerprint density at radius 3 is 2.45 bits per heavy atom. The van der Waals surface area contributed by atoms with Gasteiger partial charge >= 0.3 is 0 Å². The maximum atomic E-state index is 13.2. The average molecular weight is 291 g/mol. The third-order valence-corrected chi connectivity index (χ3v) is 4.77. The van der Waals surface area contributed by atoms with Crippen molar-refractivity contribution in [1.29, 1.82) is 0 Å². The Balaban J connectivity index is 2.25. The summed E-state index contributed by atoms with van der Waals surface area (Å²) in [4.78, 5) is 0.792. The van der Waals surface area contributed by atoms with Gasteiger partial charge in [-0.15, -0.1) is 0 Å². The minimum Gasteiger partial charge on any atom is -0.326 e. The largest absolute Gasteiger partial charge is 0.326 e. The Hall–Kier alpha value is -1.52. The van der Waals surface area contributed by atoms with Crippen LogP contribution in [0.5, 0.6) is 0 Å². The van der Waals surface area contributed by atoms with Gasteiger partial charge in [0.2, 0.25) is 0 Å². The number of rotatable bonds is 4. The molecule has 20 heavy (non-hydrogen) atoms. The summed E-state index contributed by atoms with van der Waals surface area (Å²) in [6.07, 6.45) is 0. The van der Waals surface area contributed by atoms with E-state index in [0.29, 0.717) is 11.3 Å². The summed E-state index contributed by atoms with van der Waals surface area (Å²) in [7, 11) is -1.15. The molecule has 2 rings (SSSR count). The van der Waals surface area contributed by atoms with Crippen molar-refractivity contribution >= 4 is 10.8 Å². The lowest BCUT2D eigenvalue weighted by Gasteiger charge is -2.09. The quantitative estimate of drug-likeness (QED) is 0.940. The Bertz CT molecular complexity index is 655. The Kier molecular flexibility index (Phi) is 4.68. The molecule has 2 aromatic carbocycles. The Morgan fingerprint density at radius 1 is 1.05 bits per heavy atom. The smallest absolute Gasteiger partial charge is 0.123 e. The lowest BCUT2D eigenvalue weighted by Crippen LogP contribution is -2.05. The average Bonchev–Trinajstić information content (AvgIpc) is 2.43. The molecular formula is C16H18FNOS. The summed E-state index contributed by atoms with van der Waals surface area (Å²) >= 11 is 0. The molecule has 0 saturated heterocycles. The van der Waals surface area contributed by atoms with E-state index in [1.807, 2.05) is 32.0 Å². The molecule has 2 nitrogen and oxygen atoms in total. The molecule has 0 radical (unpaired) electrons. The van der Waals surface area contributed by atoms with Crippen LogP contribution in [0.4, 0.5) is 4.39 Å². The van der Waals surface area contributed by atoms with Crippen LogP contribution in [0.3, 0.4) is 0 Å². The van der Waals surface area contributed by atoms with Crippen LogP contribution >= 0.6 is 0 Å². The number of hydrogen-bond donors (Lipinski definition) is 1. The second-order valence-corrected chi connectivity index (χ2v) is 6.30. The van der Waals surface area contributed by atoms with Crippen molar-refractivity contribution in [2.75, 3.05) is 0 Å². The van der Waals surface area contributed by atoms with Crippen LogP contribution in [0.1, 0.15) is 22.3 Å². The summed E-state index contributed by atoms with van der Waals surface area (Å²) in [5, 5.41) is 0. The van der Waals surface area contributed by atoms with Crippen LogP contribution in [0.25, 0.3) is 0 Å². The first kappa shape index (κ1) is 14.9. The maximum Gasteiger partial charge on any atom is 0.123 e. The standard InChI is InChI=1S/C16H18FNOS/c1-11-3-6-16(7-12(11)2)20(19)10-13-4-5-15(17)8-14(13)9-18/h3-8H,9-10,18H2,1-2H3. The molecule has 0 heterocycles. The Labute approximate surface area is 121 Å². The van der Waals surface area contributed by atoms with Crippen molar-refractivity contribution < 1.29 is 8.60 Å². The van der Waals surface area contributed by atoms with Gasteiger partial charge in [0.05, 0.1) is 16.6 Å². The van der Waals surface area contributed by atoms with Crippen molar-refractivity contribution in [1.82, 2.24) is 0 Å². The van der Waals surface area contributed by atoms with E-state index in [4.69, 9.17) is 5.73 Å². The van der Waals surface area contributed by atoms with E-state index < -0.39 is 10.8 Å². The van der Waals surface area contributed by atoms with Gasteiger partial charge in [-0.1, -0.05) is 12.1 Å². The SMILES string of the molecule is Cc1ccc(S(=O)Cc2ccc(F)cc2CN)cc1C. The first-order valence-corrected chi connectivity index (χ1v) is 7.76.